The fourth-order valence-corrected chi connectivity index (χ4v) is 4.42. The molecule has 0 N–H and O–H groups in total. The first-order chi connectivity index (χ1) is 16.3. The van der Waals surface area contributed by atoms with Gasteiger partial charge in [0.15, 0.2) is 12.8 Å². The number of hydrogen-bond donors (Lipinski definition) is 0. The van der Waals surface area contributed by atoms with Crippen molar-refractivity contribution < 1.29 is 9.31 Å². The van der Waals surface area contributed by atoms with Gasteiger partial charge in [-0.25, -0.2) is 4.58 Å². The predicted octanol–water partition coefficient (Wildman–Crippen LogP) is 8.81. The summed E-state index contributed by atoms with van der Waals surface area (Å²) in [6.45, 7) is 4.37. The first kappa shape index (κ1) is 27.2. The summed E-state index contributed by atoms with van der Waals surface area (Å²) in [5.74, 6) is 0.911. The van der Waals surface area contributed by atoms with E-state index in [0.717, 1.165) is 18.8 Å². The lowest BCUT2D eigenvalue weighted by Gasteiger charge is -2.06. The molecule has 0 heterocycles. The number of nitrogens with zero attached hydrogens (tertiary/aromatic N) is 1. The number of methoxy groups -OCH3 is 1. The van der Waals surface area contributed by atoms with Gasteiger partial charge in [0.2, 0.25) is 0 Å². The molecule has 0 aromatic heterocycles. The molecule has 0 bridgehead atoms. The van der Waals surface area contributed by atoms with Crippen molar-refractivity contribution in [1.82, 2.24) is 0 Å². The molecule has 2 rings (SSSR count). The van der Waals surface area contributed by atoms with Crippen LogP contribution in [0, 0.1) is 0 Å². The highest BCUT2D eigenvalue weighted by atomic mass is 16.5. The molecule has 0 aliphatic heterocycles. The Morgan fingerprint density at radius 1 is 0.636 bits per heavy atom. The Labute approximate surface area is 204 Å². The molecule has 0 spiro atoms. The largest absolute Gasteiger partial charge is 0.497 e. The predicted molar refractivity (Wildman–Crippen MR) is 144 cm³/mol. The minimum atomic E-state index is 0.911. The zero-order chi connectivity index (χ0) is 23.4. The van der Waals surface area contributed by atoms with Crippen LogP contribution in [0.2, 0.25) is 0 Å². The van der Waals surface area contributed by atoms with E-state index in [1.54, 1.807) is 7.11 Å². The molecular weight excluding hydrogens is 402 g/mol. The van der Waals surface area contributed by atoms with Crippen LogP contribution in [0.25, 0.3) is 0 Å². The van der Waals surface area contributed by atoms with E-state index in [1.165, 1.54) is 101 Å². The van der Waals surface area contributed by atoms with Gasteiger partial charge >= 0.3 is 0 Å². The van der Waals surface area contributed by atoms with Crippen LogP contribution < -0.4 is 4.74 Å². The second kappa shape index (κ2) is 18.3. The summed E-state index contributed by atoms with van der Waals surface area (Å²) in [7, 11) is 1.72. The SMILES string of the molecule is CCCCCCCCCCCCCCCC[N+](=Cc1ccc(OC)cc1)Cc1ccccc1. The fraction of sp³-hybridized carbons (Fsp3) is 0.581. The van der Waals surface area contributed by atoms with Crippen LogP contribution in [-0.4, -0.2) is 24.4 Å². The standard InChI is InChI=1S/C31H48NO/c1-3-4-5-6-7-8-9-10-11-12-13-14-15-19-26-32(27-29-20-17-16-18-21-29)28-30-22-24-31(33-2)25-23-30/h16-18,20-25,28H,3-15,19,26-27H2,1-2H3/q+1. The van der Waals surface area contributed by atoms with Gasteiger partial charge in [0.25, 0.3) is 0 Å². The van der Waals surface area contributed by atoms with Crippen LogP contribution in [0.15, 0.2) is 54.6 Å². The van der Waals surface area contributed by atoms with Gasteiger partial charge in [-0.2, -0.15) is 0 Å². The third-order valence-electron chi connectivity index (χ3n) is 6.47. The van der Waals surface area contributed by atoms with Gasteiger partial charge in [0.05, 0.1) is 7.11 Å². The molecule has 0 unspecified atom stereocenters. The molecule has 0 amide bonds. The van der Waals surface area contributed by atoms with E-state index >= 15 is 0 Å². The monoisotopic (exact) mass is 450 g/mol. The minimum absolute atomic E-state index is 0.911. The Hall–Kier alpha value is -2.09. The normalized spacial score (nSPS) is 11.6. The van der Waals surface area contributed by atoms with E-state index in [9.17, 15) is 0 Å². The van der Waals surface area contributed by atoms with Gasteiger partial charge in [0, 0.05) is 17.5 Å². The van der Waals surface area contributed by atoms with E-state index in [4.69, 9.17) is 4.74 Å². The maximum atomic E-state index is 5.30. The van der Waals surface area contributed by atoms with Crippen molar-refractivity contribution in [2.24, 2.45) is 0 Å². The molecular formula is C31H48NO+. The lowest BCUT2D eigenvalue weighted by molar-refractivity contribution is -0.539. The second-order valence-corrected chi connectivity index (χ2v) is 9.45. The van der Waals surface area contributed by atoms with Gasteiger partial charge in [-0.1, -0.05) is 114 Å². The number of benzene rings is 2. The van der Waals surface area contributed by atoms with Crippen molar-refractivity contribution in [1.29, 1.82) is 0 Å². The topological polar surface area (TPSA) is 12.2 Å². The lowest BCUT2D eigenvalue weighted by Crippen LogP contribution is -2.15. The third kappa shape index (κ3) is 13.3. The smallest absolute Gasteiger partial charge is 0.170 e. The van der Waals surface area contributed by atoms with E-state index in [-0.39, 0.29) is 0 Å². The zero-order valence-electron chi connectivity index (χ0n) is 21.4. The zero-order valence-corrected chi connectivity index (χ0v) is 21.4. The molecule has 0 saturated carbocycles. The highest BCUT2D eigenvalue weighted by Crippen LogP contribution is 2.14. The summed E-state index contributed by atoms with van der Waals surface area (Å²) in [4.78, 5) is 0. The molecule has 33 heavy (non-hydrogen) atoms. The summed E-state index contributed by atoms with van der Waals surface area (Å²) in [6.07, 6.45) is 22.0. The van der Waals surface area contributed by atoms with Crippen LogP contribution >= 0.6 is 0 Å². The van der Waals surface area contributed by atoms with Crippen LogP contribution in [0.1, 0.15) is 108 Å². The van der Waals surface area contributed by atoms with Crippen molar-refractivity contribution >= 4 is 6.21 Å². The fourth-order valence-electron chi connectivity index (χ4n) is 4.42. The quantitative estimate of drug-likeness (QED) is 0.118. The van der Waals surface area contributed by atoms with E-state index in [1.807, 2.05) is 12.1 Å². The first-order valence-electron chi connectivity index (χ1n) is 13.6. The maximum absolute atomic E-state index is 5.30. The Kier molecular flexibility index (Phi) is 15.1. The van der Waals surface area contributed by atoms with Crippen LogP contribution in [0.4, 0.5) is 0 Å². The minimum Gasteiger partial charge on any atom is -0.497 e. The molecule has 0 radical (unpaired) electrons. The van der Waals surface area contributed by atoms with E-state index in [0.29, 0.717) is 0 Å². The maximum Gasteiger partial charge on any atom is 0.170 e. The van der Waals surface area contributed by atoms with E-state index < -0.39 is 0 Å². The summed E-state index contributed by atoms with van der Waals surface area (Å²) < 4.78 is 7.77. The van der Waals surface area contributed by atoms with E-state index in [2.05, 4.69) is 60.2 Å². The van der Waals surface area contributed by atoms with Crippen molar-refractivity contribution in [3.05, 3.63) is 65.7 Å². The average molecular weight is 451 g/mol. The average Bonchev–Trinajstić information content (AvgIpc) is 2.85. The number of unbranched alkanes of at least 4 members (excludes halogenated alkanes) is 13. The highest BCUT2D eigenvalue weighted by molar-refractivity contribution is 5.75. The lowest BCUT2D eigenvalue weighted by atomic mass is 10.0. The van der Waals surface area contributed by atoms with Gasteiger partial charge < -0.3 is 4.74 Å². The molecule has 2 nitrogen and oxygen atoms in total. The Balaban J connectivity index is 1.62. The summed E-state index contributed by atoms with van der Waals surface area (Å²) in [5.41, 5.74) is 2.60. The molecule has 0 saturated heterocycles. The Morgan fingerprint density at radius 2 is 1.15 bits per heavy atom. The summed E-state index contributed by atoms with van der Waals surface area (Å²) in [5, 5.41) is 0. The van der Waals surface area contributed by atoms with Gasteiger partial charge in [0.1, 0.15) is 12.3 Å². The van der Waals surface area contributed by atoms with Gasteiger partial charge in [-0.05, 0) is 30.7 Å². The number of ether oxygens (including phenoxy) is 1. The van der Waals surface area contributed by atoms with Gasteiger partial charge in [-0.15, -0.1) is 0 Å². The molecule has 182 valence electrons. The Bertz CT molecular complexity index is 735. The highest BCUT2D eigenvalue weighted by Gasteiger charge is 2.07. The second-order valence-electron chi connectivity index (χ2n) is 9.45. The summed E-state index contributed by atoms with van der Waals surface area (Å²) in [6, 6.07) is 19.2. The molecule has 2 aromatic carbocycles. The molecule has 2 aromatic rings. The first-order valence-corrected chi connectivity index (χ1v) is 13.6. The van der Waals surface area contributed by atoms with Crippen LogP contribution in [-0.2, 0) is 6.54 Å². The van der Waals surface area contributed by atoms with Crippen molar-refractivity contribution in [3.8, 4) is 5.75 Å². The van der Waals surface area contributed by atoms with Crippen molar-refractivity contribution in [3.63, 3.8) is 0 Å². The molecule has 0 fully saturated rings. The molecule has 0 aliphatic rings. The number of rotatable bonds is 19. The molecule has 0 atom stereocenters. The third-order valence-corrected chi connectivity index (χ3v) is 6.47. The molecule has 2 heteroatoms. The summed E-state index contributed by atoms with van der Waals surface area (Å²) >= 11 is 0. The Morgan fingerprint density at radius 3 is 1.67 bits per heavy atom. The van der Waals surface area contributed by atoms with Crippen molar-refractivity contribution in [2.45, 2.75) is 103 Å². The number of hydrogen-bond acceptors (Lipinski definition) is 1. The van der Waals surface area contributed by atoms with Crippen molar-refractivity contribution in [2.75, 3.05) is 13.7 Å². The molecule has 0 aliphatic carbocycles. The van der Waals surface area contributed by atoms with Crippen LogP contribution in [0.3, 0.4) is 0 Å². The van der Waals surface area contributed by atoms with Gasteiger partial charge in [-0.3, -0.25) is 0 Å². The van der Waals surface area contributed by atoms with Crippen LogP contribution in [0.5, 0.6) is 5.75 Å².